The van der Waals surface area contributed by atoms with Crippen LogP contribution < -0.4 is 11.5 Å². The van der Waals surface area contributed by atoms with Gasteiger partial charge >= 0.3 is 6.18 Å². The average molecular weight is 552 g/mol. The molecule has 3 aromatic rings. The Kier molecular flexibility index (Phi) is 6.08. The fourth-order valence-corrected chi connectivity index (χ4v) is 5.79. The molecule has 6 rings (SSSR count). The smallest absolute Gasteiger partial charge is 0.398 e. The Morgan fingerprint density at radius 3 is 2.42 bits per heavy atom. The number of aromatic nitrogens is 3. The summed E-state index contributed by atoms with van der Waals surface area (Å²) in [6, 6.07) is 8.34. The maximum absolute atomic E-state index is 13.9. The SMILES string of the molecule is C=CC(=O)N1CCc2nn(-c3ccc(C4CC4)cc3)c3c2[C@H](C1)N(C(=O)c1c(N)cc(C(F)(F)F)nc1N)CC3. The van der Waals surface area contributed by atoms with E-state index in [4.69, 9.17) is 16.6 Å². The molecule has 1 atom stereocenters. The van der Waals surface area contributed by atoms with Crippen molar-refractivity contribution in [2.45, 2.75) is 43.8 Å². The maximum atomic E-state index is 13.9. The predicted molar refractivity (Wildman–Crippen MR) is 142 cm³/mol. The number of nitrogens with two attached hydrogens (primary N) is 2. The normalized spacial score (nSPS) is 18.7. The molecule has 9 nitrogen and oxygen atoms in total. The molecule has 4 N–H and O–H groups in total. The average Bonchev–Trinajstić information content (AvgIpc) is 3.73. The van der Waals surface area contributed by atoms with Crippen molar-refractivity contribution in [3.05, 3.63) is 76.8 Å². The summed E-state index contributed by atoms with van der Waals surface area (Å²) in [5, 5.41) is 4.92. The number of halogens is 3. The van der Waals surface area contributed by atoms with Gasteiger partial charge in [-0.25, -0.2) is 9.67 Å². The highest BCUT2D eigenvalue weighted by molar-refractivity contribution is 6.03. The van der Waals surface area contributed by atoms with E-state index >= 15 is 0 Å². The molecule has 1 saturated carbocycles. The first-order valence-corrected chi connectivity index (χ1v) is 13.1. The van der Waals surface area contributed by atoms with Crippen molar-refractivity contribution in [3.8, 4) is 5.69 Å². The van der Waals surface area contributed by atoms with E-state index in [1.807, 2.05) is 16.8 Å². The van der Waals surface area contributed by atoms with Gasteiger partial charge < -0.3 is 21.3 Å². The van der Waals surface area contributed by atoms with Crippen molar-refractivity contribution in [3.63, 3.8) is 0 Å². The minimum atomic E-state index is -4.77. The van der Waals surface area contributed by atoms with Gasteiger partial charge in [-0.05, 0) is 48.6 Å². The number of alkyl halides is 3. The summed E-state index contributed by atoms with van der Waals surface area (Å²) in [6.07, 6.45) is -0.225. The van der Waals surface area contributed by atoms with Gasteiger partial charge in [-0.1, -0.05) is 18.7 Å². The number of amides is 2. The van der Waals surface area contributed by atoms with Crippen LogP contribution in [0.4, 0.5) is 24.7 Å². The van der Waals surface area contributed by atoms with Gasteiger partial charge in [-0.15, -0.1) is 0 Å². The molecule has 2 amide bonds. The Morgan fingerprint density at radius 2 is 1.80 bits per heavy atom. The largest absolute Gasteiger partial charge is 0.433 e. The molecule has 1 aliphatic carbocycles. The van der Waals surface area contributed by atoms with Crippen molar-refractivity contribution in [2.24, 2.45) is 0 Å². The van der Waals surface area contributed by atoms with Crippen LogP contribution in [-0.4, -0.2) is 56.0 Å². The van der Waals surface area contributed by atoms with Gasteiger partial charge in [0, 0.05) is 38.0 Å². The van der Waals surface area contributed by atoms with E-state index in [-0.39, 0.29) is 24.6 Å². The zero-order chi connectivity index (χ0) is 28.3. The fraction of sp³-hybridized carbons (Fsp3) is 0.357. The van der Waals surface area contributed by atoms with E-state index in [0.717, 1.165) is 22.6 Å². The van der Waals surface area contributed by atoms with Crippen molar-refractivity contribution in [2.75, 3.05) is 31.1 Å². The molecule has 2 aromatic heterocycles. The Labute approximate surface area is 228 Å². The number of nitrogen functional groups attached to an aromatic ring is 2. The van der Waals surface area contributed by atoms with E-state index in [2.05, 4.69) is 23.7 Å². The van der Waals surface area contributed by atoms with Crippen LogP contribution in [0.1, 0.15) is 63.4 Å². The van der Waals surface area contributed by atoms with Crippen LogP contribution in [0.2, 0.25) is 0 Å². The van der Waals surface area contributed by atoms with E-state index < -0.39 is 35.3 Å². The quantitative estimate of drug-likeness (QED) is 0.478. The van der Waals surface area contributed by atoms with Crippen molar-refractivity contribution in [1.82, 2.24) is 24.6 Å². The number of nitrogens with zero attached hydrogens (tertiary/aromatic N) is 5. The second-order valence-corrected chi connectivity index (χ2v) is 10.4. The lowest BCUT2D eigenvalue weighted by molar-refractivity contribution is -0.141. The summed E-state index contributed by atoms with van der Waals surface area (Å²) in [6.45, 7) is 4.35. The molecule has 0 bridgehead atoms. The molecular weight excluding hydrogens is 523 g/mol. The van der Waals surface area contributed by atoms with Crippen molar-refractivity contribution in [1.29, 1.82) is 0 Å². The molecule has 0 spiro atoms. The summed E-state index contributed by atoms with van der Waals surface area (Å²) in [7, 11) is 0. The van der Waals surface area contributed by atoms with Gasteiger partial charge in [0.05, 0.1) is 28.8 Å². The van der Waals surface area contributed by atoms with Crippen LogP contribution in [0.25, 0.3) is 5.69 Å². The maximum Gasteiger partial charge on any atom is 0.433 e. The lowest BCUT2D eigenvalue weighted by Crippen LogP contribution is -2.46. The molecule has 4 heterocycles. The van der Waals surface area contributed by atoms with E-state index in [1.165, 1.54) is 29.4 Å². The van der Waals surface area contributed by atoms with Gasteiger partial charge in [-0.3, -0.25) is 9.59 Å². The Balaban J connectivity index is 1.41. The highest BCUT2D eigenvalue weighted by Crippen LogP contribution is 2.41. The highest BCUT2D eigenvalue weighted by atomic mass is 19.4. The number of carbonyl (C=O) groups is 2. The molecule has 0 radical (unpaired) electrons. The van der Waals surface area contributed by atoms with E-state index in [1.54, 1.807) is 4.90 Å². The minimum Gasteiger partial charge on any atom is -0.398 e. The minimum absolute atomic E-state index is 0.163. The van der Waals surface area contributed by atoms with Gasteiger partial charge in [-0.2, -0.15) is 18.3 Å². The van der Waals surface area contributed by atoms with E-state index in [9.17, 15) is 22.8 Å². The third-order valence-electron chi connectivity index (χ3n) is 7.92. The Bertz CT molecular complexity index is 1500. The molecule has 12 heteroatoms. The Hall–Kier alpha value is -4.35. The lowest BCUT2D eigenvalue weighted by Gasteiger charge is -2.38. The zero-order valence-electron chi connectivity index (χ0n) is 21.6. The molecule has 3 aliphatic rings. The topological polar surface area (TPSA) is 123 Å². The molecule has 1 fully saturated rings. The molecule has 208 valence electrons. The van der Waals surface area contributed by atoms with Gasteiger partial charge in [0.25, 0.3) is 5.91 Å². The van der Waals surface area contributed by atoms with Crippen LogP contribution in [0, 0.1) is 0 Å². The van der Waals surface area contributed by atoms with Crippen LogP contribution >= 0.6 is 0 Å². The number of benzene rings is 1. The van der Waals surface area contributed by atoms with Crippen LogP contribution in [0.5, 0.6) is 0 Å². The summed E-state index contributed by atoms with van der Waals surface area (Å²) < 4.78 is 41.7. The monoisotopic (exact) mass is 551 g/mol. The number of anilines is 2. The summed E-state index contributed by atoms with van der Waals surface area (Å²) in [5.74, 6) is -0.906. The van der Waals surface area contributed by atoms with Crippen LogP contribution in [-0.2, 0) is 23.8 Å². The number of carbonyl (C=O) groups excluding carboxylic acids is 2. The second-order valence-electron chi connectivity index (χ2n) is 10.4. The zero-order valence-corrected chi connectivity index (χ0v) is 21.6. The summed E-state index contributed by atoms with van der Waals surface area (Å²) >= 11 is 0. The standard InChI is InChI=1S/C28H28F3N7O2/c1-2-23(39)36-11-9-19-25-20(38(35-19)17-7-5-16(6-8-17)15-3-4-15)10-12-37(21(25)14-36)27(40)24-18(32)13-22(28(29,30)31)34-26(24)33/h2,5-8,13,15,21H,1,3-4,9-12,14H2,(H4,32,33,34)/t21-/m0/s1. The first kappa shape index (κ1) is 25.9. The lowest BCUT2D eigenvalue weighted by atomic mass is 9.94. The summed E-state index contributed by atoms with van der Waals surface area (Å²) in [4.78, 5) is 33.0. The number of hydrogen-bond acceptors (Lipinski definition) is 6. The summed E-state index contributed by atoms with van der Waals surface area (Å²) in [5.41, 5.74) is 14.6. The molecule has 2 aliphatic heterocycles. The van der Waals surface area contributed by atoms with Crippen molar-refractivity contribution >= 4 is 23.3 Å². The van der Waals surface area contributed by atoms with Gasteiger partial charge in [0.2, 0.25) is 5.91 Å². The predicted octanol–water partition coefficient (Wildman–Crippen LogP) is 3.64. The van der Waals surface area contributed by atoms with Crippen LogP contribution in [0.3, 0.4) is 0 Å². The molecule has 0 saturated heterocycles. The first-order chi connectivity index (χ1) is 19.1. The third-order valence-corrected chi connectivity index (χ3v) is 7.92. The van der Waals surface area contributed by atoms with Crippen LogP contribution in [0.15, 0.2) is 43.0 Å². The number of hydrogen-bond donors (Lipinski definition) is 2. The molecule has 1 aromatic carbocycles. The van der Waals surface area contributed by atoms with Crippen molar-refractivity contribution < 1.29 is 22.8 Å². The first-order valence-electron chi connectivity index (χ1n) is 13.1. The van der Waals surface area contributed by atoms with Gasteiger partial charge in [0.15, 0.2) is 0 Å². The highest BCUT2D eigenvalue weighted by Gasteiger charge is 2.42. The molecule has 40 heavy (non-hydrogen) atoms. The second kappa shape index (κ2) is 9.39. The molecule has 0 unspecified atom stereocenters. The number of pyridine rings is 1. The Morgan fingerprint density at radius 1 is 1.07 bits per heavy atom. The van der Waals surface area contributed by atoms with Gasteiger partial charge in [0.1, 0.15) is 17.1 Å². The molecular formula is C28H28F3N7O2. The number of rotatable bonds is 4. The van der Waals surface area contributed by atoms with E-state index in [0.29, 0.717) is 31.4 Å². The third kappa shape index (κ3) is 4.37. The fourth-order valence-electron chi connectivity index (χ4n) is 5.79.